The molecule has 0 bridgehead atoms. The molecule has 0 saturated carbocycles. The second-order valence-corrected chi connectivity index (χ2v) is 7.75. The molecule has 1 fully saturated rings. The molecule has 25 heavy (non-hydrogen) atoms. The van der Waals surface area contributed by atoms with Crippen molar-refractivity contribution < 1.29 is 28.7 Å². The first-order valence-electron chi connectivity index (χ1n) is 8.74. The van der Waals surface area contributed by atoms with E-state index in [9.17, 15) is 14.4 Å². The van der Waals surface area contributed by atoms with Crippen LogP contribution in [0.1, 0.15) is 66.7 Å². The number of imide groups is 1. The number of nitrogens with zero attached hydrogens (tertiary/aromatic N) is 1. The average molecular weight is 357 g/mol. The smallest absolute Gasteiger partial charge is 0.335 e. The van der Waals surface area contributed by atoms with Crippen molar-refractivity contribution in [3.8, 4) is 0 Å². The van der Waals surface area contributed by atoms with Gasteiger partial charge in [0.15, 0.2) is 0 Å². The second kappa shape index (κ2) is 8.76. The summed E-state index contributed by atoms with van der Waals surface area (Å²) in [6.07, 6.45) is 2.15. The first-order valence-corrected chi connectivity index (χ1v) is 8.74. The Kier molecular flexibility index (Phi) is 7.56. The second-order valence-electron chi connectivity index (χ2n) is 7.75. The van der Waals surface area contributed by atoms with Crippen LogP contribution in [0.5, 0.6) is 0 Å². The summed E-state index contributed by atoms with van der Waals surface area (Å²) in [5.41, 5.74) is -0.625. The van der Waals surface area contributed by atoms with Gasteiger partial charge in [-0.1, -0.05) is 6.92 Å². The normalized spacial score (nSPS) is 17.1. The number of amides is 2. The molecule has 0 aromatic rings. The fraction of sp³-hybridized carbons (Fsp3) is 0.833. The lowest BCUT2D eigenvalue weighted by atomic mass is 9.95. The molecule has 7 nitrogen and oxygen atoms in total. The van der Waals surface area contributed by atoms with Crippen molar-refractivity contribution >= 4 is 17.8 Å². The number of hydrogen-bond donors (Lipinski definition) is 0. The Morgan fingerprint density at radius 2 is 1.64 bits per heavy atom. The summed E-state index contributed by atoms with van der Waals surface area (Å²) in [5, 5.41) is 0.591. The molecule has 7 heteroatoms. The Labute approximate surface area is 149 Å². The molecular weight excluding hydrogens is 326 g/mol. The number of carbonyl (C=O) groups is 3. The maximum Gasteiger partial charge on any atom is 0.335 e. The Hall–Kier alpha value is -1.47. The number of hydroxylamine groups is 2. The lowest BCUT2D eigenvalue weighted by Crippen LogP contribution is -2.35. The zero-order valence-corrected chi connectivity index (χ0v) is 16.2. The van der Waals surface area contributed by atoms with Crippen molar-refractivity contribution in [1.82, 2.24) is 5.06 Å². The van der Waals surface area contributed by atoms with Crippen LogP contribution in [0.25, 0.3) is 0 Å². The van der Waals surface area contributed by atoms with Crippen molar-refractivity contribution in [2.24, 2.45) is 5.92 Å². The zero-order chi connectivity index (χ0) is 19.3. The molecule has 0 N–H and O–H groups in total. The van der Waals surface area contributed by atoms with E-state index in [0.29, 0.717) is 24.5 Å². The lowest BCUT2D eigenvalue weighted by Gasteiger charge is -2.29. The summed E-state index contributed by atoms with van der Waals surface area (Å²) in [4.78, 5) is 40.0. The van der Waals surface area contributed by atoms with Crippen LogP contribution in [-0.4, -0.2) is 47.8 Å². The Morgan fingerprint density at radius 3 is 2.16 bits per heavy atom. The zero-order valence-electron chi connectivity index (χ0n) is 16.2. The van der Waals surface area contributed by atoms with Gasteiger partial charge in [-0.3, -0.25) is 9.59 Å². The van der Waals surface area contributed by atoms with E-state index in [4.69, 9.17) is 14.3 Å². The molecule has 144 valence electrons. The minimum absolute atomic E-state index is 0.0964. The van der Waals surface area contributed by atoms with E-state index in [2.05, 4.69) is 0 Å². The largest absolute Gasteiger partial charge is 0.379 e. The molecule has 1 unspecified atom stereocenters. The molecule has 0 aromatic heterocycles. The van der Waals surface area contributed by atoms with Gasteiger partial charge in [0.25, 0.3) is 11.8 Å². The van der Waals surface area contributed by atoms with Gasteiger partial charge in [-0.05, 0) is 47.0 Å². The highest BCUT2D eigenvalue weighted by molar-refractivity contribution is 6.01. The summed E-state index contributed by atoms with van der Waals surface area (Å²) >= 11 is 0. The molecular formula is C18H31NO6. The fourth-order valence-electron chi connectivity index (χ4n) is 2.27. The summed E-state index contributed by atoms with van der Waals surface area (Å²) in [5.74, 6) is -1.93. The minimum atomic E-state index is -0.570. The molecule has 1 aliphatic heterocycles. The Morgan fingerprint density at radius 1 is 1.08 bits per heavy atom. The van der Waals surface area contributed by atoms with Crippen LogP contribution in [0, 0.1) is 5.92 Å². The van der Waals surface area contributed by atoms with Crippen LogP contribution in [0.3, 0.4) is 0 Å². The highest BCUT2D eigenvalue weighted by atomic mass is 16.7. The molecule has 1 atom stereocenters. The van der Waals surface area contributed by atoms with Crippen molar-refractivity contribution in [1.29, 1.82) is 0 Å². The number of ether oxygens (including phenoxy) is 2. The van der Waals surface area contributed by atoms with Gasteiger partial charge in [0.2, 0.25) is 0 Å². The highest BCUT2D eigenvalue weighted by Crippen LogP contribution is 2.23. The van der Waals surface area contributed by atoms with Gasteiger partial charge in [0.1, 0.15) is 0 Å². The van der Waals surface area contributed by atoms with Crippen molar-refractivity contribution in [3.05, 3.63) is 0 Å². The maximum atomic E-state index is 12.1. The molecule has 1 heterocycles. The summed E-state index contributed by atoms with van der Waals surface area (Å²) in [7, 11) is 1.67. The standard InChI is InChI=1S/C18H31NO6/c1-13(16(22)25-19-14(20)7-8-15(19)21)9-10-18(4,5)24-12-11-17(2,3)23-6/h13H,7-12H2,1-6H3. The SMILES string of the molecule is COC(C)(C)CCOC(C)(C)CCC(C)C(=O)ON1C(=O)CCC1=O. The first kappa shape index (κ1) is 21.6. The topological polar surface area (TPSA) is 82.1 Å². The van der Waals surface area contributed by atoms with Crippen LogP contribution in [-0.2, 0) is 28.7 Å². The summed E-state index contributed by atoms with van der Waals surface area (Å²) in [6, 6.07) is 0. The van der Waals surface area contributed by atoms with E-state index in [1.165, 1.54) is 0 Å². The number of hydrogen-bond acceptors (Lipinski definition) is 6. The van der Waals surface area contributed by atoms with Crippen LogP contribution >= 0.6 is 0 Å². The monoisotopic (exact) mass is 357 g/mol. The molecule has 0 radical (unpaired) electrons. The van der Waals surface area contributed by atoms with Crippen LogP contribution < -0.4 is 0 Å². The first-order chi connectivity index (χ1) is 11.5. The van der Waals surface area contributed by atoms with Gasteiger partial charge in [-0.2, -0.15) is 0 Å². The summed E-state index contributed by atoms with van der Waals surface area (Å²) < 4.78 is 11.3. The fourth-order valence-corrected chi connectivity index (χ4v) is 2.27. The third-order valence-corrected chi connectivity index (χ3v) is 4.52. The van der Waals surface area contributed by atoms with Crippen molar-refractivity contribution in [2.75, 3.05) is 13.7 Å². The molecule has 2 amide bonds. The average Bonchev–Trinajstić information content (AvgIpc) is 2.84. The third kappa shape index (κ3) is 7.12. The van der Waals surface area contributed by atoms with Gasteiger partial charge < -0.3 is 14.3 Å². The minimum Gasteiger partial charge on any atom is -0.379 e. The predicted molar refractivity (Wildman–Crippen MR) is 91.3 cm³/mol. The van der Waals surface area contributed by atoms with E-state index >= 15 is 0 Å². The molecule has 0 aromatic carbocycles. The van der Waals surface area contributed by atoms with Gasteiger partial charge in [0, 0.05) is 20.0 Å². The van der Waals surface area contributed by atoms with Crippen molar-refractivity contribution in [3.63, 3.8) is 0 Å². The Balaban J connectivity index is 2.38. The van der Waals surface area contributed by atoms with Crippen molar-refractivity contribution in [2.45, 2.75) is 77.9 Å². The number of rotatable bonds is 10. The number of carbonyl (C=O) groups excluding carboxylic acids is 3. The highest BCUT2D eigenvalue weighted by Gasteiger charge is 2.34. The van der Waals surface area contributed by atoms with Gasteiger partial charge in [-0.15, -0.1) is 5.06 Å². The molecule has 1 saturated heterocycles. The van der Waals surface area contributed by atoms with Crippen LogP contribution in [0.15, 0.2) is 0 Å². The van der Waals surface area contributed by atoms with Gasteiger partial charge in [-0.25, -0.2) is 4.79 Å². The Bertz CT molecular complexity index is 484. The van der Waals surface area contributed by atoms with Crippen LogP contribution in [0.2, 0.25) is 0 Å². The molecule has 0 spiro atoms. The predicted octanol–water partition coefficient (Wildman–Crippen LogP) is 2.62. The van der Waals surface area contributed by atoms with E-state index in [1.54, 1.807) is 14.0 Å². The van der Waals surface area contributed by atoms with E-state index in [0.717, 1.165) is 6.42 Å². The summed E-state index contributed by atoms with van der Waals surface area (Å²) in [6.45, 7) is 10.2. The lowest BCUT2D eigenvalue weighted by molar-refractivity contribution is -0.200. The molecule has 1 rings (SSSR count). The maximum absolute atomic E-state index is 12.1. The quantitative estimate of drug-likeness (QED) is 0.559. The van der Waals surface area contributed by atoms with E-state index in [1.807, 2.05) is 27.7 Å². The van der Waals surface area contributed by atoms with Crippen LogP contribution in [0.4, 0.5) is 0 Å². The van der Waals surface area contributed by atoms with Gasteiger partial charge >= 0.3 is 5.97 Å². The van der Waals surface area contributed by atoms with E-state index in [-0.39, 0.29) is 18.4 Å². The molecule has 0 aliphatic carbocycles. The third-order valence-electron chi connectivity index (χ3n) is 4.52. The molecule has 1 aliphatic rings. The van der Waals surface area contributed by atoms with Gasteiger partial charge in [0.05, 0.1) is 23.7 Å². The van der Waals surface area contributed by atoms with E-state index < -0.39 is 29.3 Å². The number of methoxy groups -OCH3 is 1.